The number of ether oxygens (including phenoxy) is 1. The minimum atomic E-state index is -0.257. The van der Waals surface area contributed by atoms with Crippen LogP contribution in [0.4, 0.5) is 11.4 Å². The van der Waals surface area contributed by atoms with Crippen molar-refractivity contribution in [2.24, 2.45) is 0 Å². The Morgan fingerprint density at radius 1 is 1.26 bits per heavy atom. The van der Waals surface area contributed by atoms with Crippen LogP contribution in [-0.2, 0) is 0 Å². The van der Waals surface area contributed by atoms with E-state index in [1.165, 1.54) is 0 Å². The van der Waals surface area contributed by atoms with Crippen molar-refractivity contribution in [2.45, 2.75) is 0 Å². The van der Waals surface area contributed by atoms with Crippen molar-refractivity contribution in [3.63, 3.8) is 0 Å². The monoisotopic (exact) mass is 276 g/mol. The largest absolute Gasteiger partial charge is 0.497 e. The maximum Gasteiger partial charge on any atom is 0.255 e. The van der Waals surface area contributed by atoms with Crippen LogP contribution >= 0.6 is 11.6 Å². The molecule has 0 bridgehead atoms. The summed E-state index contributed by atoms with van der Waals surface area (Å²) in [4.78, 5) is 12.1. The molecule has 0 aromatic heterocycles. The number of amides is 1. The van der Waals surface area contributed by atoms with Crippen molar-refractivity contribution in [3.8, 4) is 5.75 Å². The lowest BCUT2D eigenvalue weighted by Gasteiger charge is -2.09. The zero-order chi connectivity index (χ0) is 13.8. The van der Waals surface area contributed by atoms with Crippen LogP contribution in [0.3, 0.4) is 0 Å². The Hall–Kier alpha value is -2.20. The molecule has 0 aliphatic carbocycles. The van der Waals surface area contributed by atoms with E-state index in [1.54, 1.807) is 49.6 Å². The first kappa shape index (κ1) is 13.2. The summed E-state index contributed by atoms with van der Waals surface area (Å²) in [5.74, 6) is 0.365. The molecule has 2 aromatic carbocycles. The maximum atomic E-state index is 12.1. The molecule has 0 fully saturated rings. The molecular formula is C14H13ClN2O2. The quantitative estimate of drug-likeness (QED) is 0.846. The van der Waals surface area contributed by atoms with Gasteiger partial charge in [-0.2, -0.15) is 0 Å². The van der Waals surface area contributed by atoms with Crippen molar-refractivity contribution >= 4 is 28.9 Å². The molecule has 1 amide bonds. The molecule has 0 aliphatic rings. The highest BCUT2D eigenvalue weighted by Crippen LogP contribution is 2.23. The number of carbonyl (C=O) groups is 1. The van der Waals surface area contributed by atoms with E-state index in [-0.39, 0.29) is 5.91 Å². The van der Waals surface area contributed by atoms with E-state index in [0.29, 0.717) is 27.7 Å². The second kappa shape index (κ2) is 5.63. The van der Waals surface area contributed by atoms with Gasteiger partial charge in [0.2, 0.25) is 0 Å². The fourth-order valence-corrected chi connectivity index (χ4v) is 1.79. The van der Waals surface area contributed by atoms with Gasteiger partial charge < -0.3 is 15.8 Å². The molecule has 0 spiro atoms. The molecule has 4 nitrogen and oxygen atoms in total. The summed E-state index contributed by atoms with van der Waals surface area (Å²) in [5, 5.41) is 3.25. The third-order valence-electron chi connectivity index (χ3n) is 2.59. The number of rotatable bonds is 3. The molecule has 19 heavy (non-hydrogen) atoms. The van der Waals surface area contributed by atoms with E-state index in [4.69, 9.17) is 22.1 Å². The predicted molar refractivity (Wildman–Crippen MR) is 76.8 cm³/mol. The number of benzene rings is 2. The summed E-state index contributed by atoms with van der Waals surface area (Å²) in [5.41, 5.74) is 7.22. The van der Waals surface area contributed by atoms with Crippen molar-refractivity contribution in [3.05, 3.63) is 53.1 Å². The number of nitrogen functional groups attached to an aromatic ring is 1. The molecule has 0 unspecified atom stereocenters. The molecule has 0 saturated heterocycles. The van der Waals surface area contributed by atoms with Gasteiger partial charge in [0.15, 0.2) is 0 Å². The molecule has 5 heteroatoms. The third-order valence-corrected chi connectivity index (χ3v) is 2.83. The van der Waals surface area contributed by atoms with Gasteiger partial charge in [-0.05, 0) is 36.4 Å². The van der Waals surface area contributed by atoms with Gasteiger partial charge in [0.1, 0.15) is 5.75 Å². The molecule has 0 saturated carbocycles. The number of hydrogen-bond donors (Lipinski definition) is 2. The number of methoxy groups -OCH3 is 1. The summed E-state index contributed by atoms with van der Waals surface area (Å²) in [6.45, 7) is 0. The van der Waals surface area contributed by atoms with Crippen molar-refractivity contribution < 1.29 is 9.53 Å². The van der Waals surface area contributed by atoms with Gasteiger partial charge in [-0.3, -0.25) is 4.79 Å². The Bertz CT molecular complexity index is 614. The smallest absolute Gasteiger partial charge is 0.255 e. The second-order valence-corrected chi connectivity index (χ2v) is 4.35. The first-order valence-electron chi connectivity index (χ1n) is 5.60. The summed E-state index contributed by atoms with van der Waals surface area (Å²) in [7, 11) is 1.55. The molecule has 0 heterocycles. The van der Waals surface area contributed by atoms with E-state index in [0.717, 1.165) is 0 Å². The lowest BCUT2D eigenvalue weighted by molar-refractivity contribution is 0.102. The molecular weight excluding hydrogens is 264 g/mol. The first-order valence-corrected chi connectivity index (χ1v) is 5.98. The zero-order valence-corrected chi connectivity index (χ0v) is 11.1. The molecule has 0 aliphatic heterocycles. The maximum absolute atomic E-state index is 12.1. The second-order valence-electron chi connectivity index (χ2n) is 3.92. The van der Waals surface area contributed by atoms with Crippen LogP contribution in [0.25, 0.3) is 0 Å². The topological polar surface area (TPSA) is 64.3 Å². The third kappa shape index (κ3) is 3.17. The summed E-state index contributed by atoms with van der Waals surface area (Å²) in [6, 6.07) is 11.8. The van der Waals surface area contributed by atoms with Gasteiger partial charge >= 0.3 is 0 Å². The van der Waals surface area contributed by atoms with Crippen molar-refractivity contribution in [2.75, 3.05) is 18.2 Å². The van der Waals surface area contributed by atoms with E-state index >= 15 is 0 Å². The Morgan fingerprint density at radius 2 is 2.05 bits per heavy atom. The Kier molecular flexibility index (Phi) is 3.92. The van der Waals surface area contributed by atoms with Gasteiger partial charge in [0.05, 0.1) is 18.5 Å². The lowest BCUT2D eigenvalue weighted by Crippen LogP contribution is -2.13. The highest BCUT2D eigenvalue weighted by atomic mass is 35.5. The molecule has 0 radical (unpaired) electrons. The Balaban J connectivity index is 2.20. The molecule has 2 aromatic rings. The Labute approximate surface area is 116 Å². The van der Waals surface area contributed by atoms with Crippen LogP contribution in [0, 0.1) is 0 Å². The number of anilines is 2. The first-order chi connectivity index (χ1) is 9.10. The number of carbonyl (C=O) groups excluding carboxylic acids is 1. The van der Waals surface area contributed by atoms with Crippen molar-refractivity contribution in [1.82, 2.24) is 0 Å². The number of halogens is 1. The van der Waals surface area contributed by atoms with Gasteiger partial charge in [-0.15, -0.1) is 0 Å². The summed E-state index contributed by atoms with van der Waals surface area (Å²) in [6.07, 6.45) is 0. The van der Waals surface area contributed by atoms with Gasteiger partial charge in [-0.1, -0.05) is 17.7 Å². The van der Waals surface area contributed by atoms with Crippen LogP contribution < -0.4 is 15.8 Å². The van der Waals surface area contributed by atoms with Crippen LogP contribution in [0.5, 0.6) is 5.75 Å². The van der Waals surface area contributed by atoms with Crippen LogP contribution in [0.1, 0.15) is 10.4 Å². The normalized spacial score (nSPS) is 10.0. The average molecular weight is 277 g/mol. The average Bonchev–Trinajstić information content (AvgIpc) is 2.42. The highest BCUT2D eigenvalue weighted by molar-refractivity contribution is 6.31. The number of hydrogen-bond acceptors (Lipinski definition) is 3. The molecule has 3 N–H and O–H groups in total. The molecule has 2 rings (SSSR count). The molecule has 0 atom stereocenters. The SMILES string of the molecule is COc1cccc(C(=O)Nc2ccc(Cl)cc2N)c1. The van der Waals surface area contributed by atoms with E-state index in [1.807, 2.05) is 0 Å². The predicted octanol–water partition coefficient (Wildman–Crippen LogP) is 3.18. The van der Waals surface area contributed by atoms with Crippen molar-refractivity contribution in [1.29, 1.82) is 0 Å². The van der Waals surface area contributed by atoms with Crippen LogP contribution in [-0.4, -0.2) is 13.0 Å². The molecule has 98 valence electrons. The number of nitrogens with one attached hydrogen (secondary N) is 1. The van der Waals surface area contributed by atoms with Crippen LogP contribution in [0.15, 0.2) is 42.5 Å². The standard InChI is InChI=1S/C14H13ClN2O2/c1-19-11-4-2-3-9(7-11)14(18)17-13-6-5-10(15)8-12(13)16/h2-8H,16H2,1H3,(H,17,18). The highest BCUT2D eigenvalue weighted by Gasteiger charge is 2.09. The zero-order valence-electron chi connectivity index (χ0n) is 10.3. The van der Waals surface area contributed by atoms with E-state index < -0.39 is 0 Å². The fourth-order valence-electron chi connectivity index (χ4n) is 1.61. The van der Waals surface area contributed by atoms with Gasteiger partial charge in [0, 0.05) is 10.6 Å². The summed E-state index contributed by atoms with van der Waals surface area (Å²) < 4.78 is 5.07. The minimum absolute atomic E-state index is 0.257. The fraction of sp³-hybridized carbons (Fsp3) is 0.0714. The minimum Gasteiger partial charge on any atom is -0.497 e. The Morgan fingerprint density at radius 3 is 2.74 bits per heavy atom. The van der Waals surface area contributed by atoms with Crippen LogP contribution in [0.2, 0.25) is 5.02 Å². The van der Waals surface area contributed by atoms with Gasteiger partial charge in [-0.25, -0.2) is 0 Å². The number of nitrogens with two attached hydrogens (primary N) is 1. The van der Waals surface area contributed by atoms with E-state index in [9.17, 15) is 4.79 Å². The summed E-state index contributed by atoms with van der Waals surface area (Å²) >= 11 is 5.80. The lowest BCUT2D eigenvalue weighted by atomic mass is 10.2. The van der Waals surface area contributed by atoms with Gasteiger partial charge in [0.25, 0.3) is 5.91 Å². The van der Waals surface area contributed by atoms with E-state index in [2.05, 4.69) is 5.32 Å².